The van der Waals surface area contributed by atoms with E-state index in [1.807, 2.05) is 0 Å². The molecule has 0 saturated heterocycles. The second-order valence-corrected chi connectivity index (χ2v) is 4.29. The molecule has 2 aromatic rings. The van der Waals surface area contributed by atoms with E-state index in [4.69, 9.17) is 5.11 Å². The Morgan fingerprint density at radius 1 is 1.42 bits per heavy atom. The van der Waals surface area contributed by atoms with Crippen molar-refractivity contribution >= 4 is 5.97 Å². The molecule has 5 heteroatoms. The zero-order chi connectivity index (χ0) is 13.8. The zero-order valence-corrected chi connectivity index (χ0v) is 10.4. The third-order valence-electron chi connectivity index (χ3n) is 2.92. The summed E-state index contributed by atoms with van der Waals surface area (Å²) in [5, 5.41) is 9.01. The van der Waals surface area contributed by atoms with Gasteiger partial charge in [0.25, 0.3) is 0 Å². The lowest BCUT2D eigenvalue weighted by Crippen LogP contribution is -2.10. The smallest absolute Gasteiger partial charge is 0.304 e. The molecule has 4 nitrogen and oxygen atoms in total. The van der Waals surface area contributed by atoms with Gasteiger partial charge in [-0.3, -0.25) is 4.79 Å². The third-order valence-corrected chi connectivity index (χ3v) is 2.92. The first-order valence-corrected chi connectivity index (χ1v) is 5.81. The number of benzene rings is 1. The molecule has 1 N–H and O–H groups in total. The average Bonchev–Trinajstić information content (AvgIpc) is 2.40. The van der Waals surface area contributed by atoms with Gasteiger partial charge in [0, 0.05) is 12.1 Å². The monoisotopic (exact) mass is 260 g/mol. The van der Waals surface area contributed by atoms with Crippen LogP contribution < -0.4 is 0 Å². The van der Waals surface area contributed by atoms with Crippen molar-refractivity contribution in [3.63, 3.8) is 0 Å². The quantitative estimate of drug-likeness (QED) is 0.917. The summed E-state index contributed by atoms with van der Waals surface area (Å²) in [5.41, 5.74) is 1.84. The zero-order valence-electron chi connectivity index (χ0n) is 10.4. The first-order chi connectivity index (χ1) is 9.08. The standard InChI is InChI=1S/C14H13FN2O2/c1-9-6-10(2-3-12(9)15)11(7-14(18)19)13-4-5-16-8-17-13/h2-6,8,11H,7H2,1H3,(H,18,19). The highest BCUT2D eigenvalue weighted by Gasteiger charge is 2.19. The van der Waals surface area contributed by atoms with Crippen LogP contribution in [-0.2, 0) is 4.79 Å². The van der Waals surface area contributed by atoms with Crippen molar-refractivity contribution in [1.29, 1.82) is 0 Å². The SMILES string of the molecule is Cc1cc(C(CC(=O)O)c2ccncn2)ccc1F. The Kier molecular flexibility index (Phi) is 3.85. The lowest BCUT2D eigenvalue weighted by atomic mass is 9.91. The minimum atomic E-state index is -0.925. The van der Waals surface area contributed by atoms with Crippen LogP contribution in [0.3, 0.4) is 0 Å². The molecule has 19 heavy (non-hydrogen) atoms. The maximum Gasteiger partial charge on any atom is 0.304 e. The molecule has 0 aliphatic carbocycles. The van der Waals surface area contributed by atoms with E-state index >= 15 is 0 Å². The number of aryl methyl sites for hydroxylation is 1. The number of aromatic nitrogens is 2. The number of aliphatic carboxylic acids is 1. The second-order valence-electron chi connectivity index (χ2n) is 4.29. The minimum absolute atomic E-state index is 0.0952. The van der Waals surface area contributed by atoms with Gasteiger partial charge in [-0.15, -0.1) is 0 Å². The molecule has 1 unspecified atom stereocenters. The van der Waals surface area contributed by atoms with E-state index in [2.05, 4.69) is 9.97 Å². The number of carboxylic acids is 1. The Morgan fingerprint density at radius 3 is 2.79 bits per heavy atom. The predicted octanol–water partition coefficient (Wildman–Crippen LogP) is 2.53. The minimum Gasteiger partial charge on any atom is -0.481 e. The van der Waals surface area contributed by atoms with Crippen LogP contribution in [0.5, 0.6) is 0 Å². The van der Waals surface area contributed by atoms with E-state index < -0.39 is 11.9 Å². The van der Waals surface area contributed by atoms with E-state index in [1.54, 1.807) is 31.3 Å². The molecule has 0 fully saturated rings. The molecule has 0 aliphatic rings. The van der Waals surface area contributed by atoms with Crippen LogP contribution in [0, 0.1) is 12.7 Å². The van der Waals surface area contributed by atoms with Gasteiger partial charge in [-0.05, 0) is 30.2 Å². The molecule has 0 radical (unpaired) electrons. The molecule has 2 rings (SSSR count). The summed E-state index contributed by atoms with van der Waals surface area (Å²) >= 11 is 0. The number of carbonyl (C=O) groups is 1. The summed E-state index contributed by atoms with van der Waals surface area (Å²) < 4.78 is 13.3. The Morgan fingerprint density at radius 2 is 2.21 bits per heavy atom. The number of rotatable bonds is 4. The van der Waals surface area contributed by atoms with Crippen LogP contribution in [0.2, 0.25) is 0 Å². The lowest BCUT2D eigenvalue weighted by Gasteiger charge is -2.15. The summed E-state index contributed by atoms with van der Waals surface area (Å²) in [7, 11) is 0. The summed E-state index contributed by atoms with van der Waals surface area (Å²) in [5.74, 6) is -1.63. The van der Waals surface area contributed by atoms with Crippen LogP contribution in [-0.4, -0.2) is 21.0 Å². The normalized spacial score (nSPS) is 12.1. The number of carboxylic acid groups (broad SMARTS) is 1. The first kappa shape index (κ1) is 13.1. The molecule has 0 spiro atoms. The van der Waals surface area contributed by atoms with E-state index in [0.29, 0.717) is 11.3 Å². The van der Waals surface area contributed by atoms with E-state index in [0.717, 1.165) is 5.56 Å². The van der Waals surface area contributed by atoms with Crippen molar-refractivity contribution in [2.75, 3.05) is 0 Å². The Balaban J connectivity index is 2.42. The van der Waals surface area contributed by atoms with Crippen molar-refractivity contribution in [1.82, 2.24) is 9.97 Å². The van der Waals surface area contributed by atoms with Gasteiger partial charge in [-0.25, -0.2) is 14.4 Å². The first-order valence-electron chi connectivity index (χ1n) is 5.81. The van der Waals surface area contributed by atoms with E-state index in [-0.39, 0.29) is 12.2 Å². The van der Waals surface area contributed by atoms with Gasteiger partial charge in [0.05, 0.1) is 12.1 Å². The number of hydrogen-bond donors (Lipinski definition) is 1. The van der Waals surface area contributed by atoms with Gasteiger partial charge < -0.3 is 5.11 Å². The summed E-state index contributed by atoms with van der Waals surface area (Å²) in [6, 6.07) is 6.27. The highest BCUT2D eigenvalue weighted by Crippen LogP contribution is 2.27. The summed E-state index contributed by atoms with van der Waals surface area (Å²) in [4.78, 5) is 18.9. The molecule has 1 atom stereocenters. The van der Waals surface area contributed by atoms with Crippen LogP contribution in [0.15, 0.2) is 36.8 Å². The van der Waals surface area contributed by atoms with Gasteiger partial charge in [0.15, 0.2) is 0 Å². The van der Waals surface area contributed by atoms with Crippen molar-refractivity contribution in [2.24, 2.45) is 0 Å². The lowest BCUT2D eigenvalue weighted by molar-refractivity contribution is -0.137. The second kappa shape index (κ2) is 5.56. The molecular formula is C14H13FN2O2. The molecule has 98 valence electrons. The van der Waals surface area contributed by atoms with Gasteiger partial charge >= 0.3 is 5.97 Å². The van der Waals surface area contributed by atoms with Gasteiger partial charge in [0.1, 0.15) is 12.1 Å². The Hall–Kier alpha value is -2.30. The van der Waals surface area contributed by atoms with Crippen molar-refractivity contribution in [2.45, 2.75) is 19.3 Å². The molecule has 0 bridgehead atoms. The van der Waals surface area contributed by atoms with Crippen molar-refractivity contribution < 1.29 is 14.3 Å². The fraction of sp³-hybridized carbons (Fsp3) is 0.214. The average molecular weight is 260 g/mol. The third kappa shape index (κ3) is 3.13. The van der Waals surface area contributed by atoms with E-state index in [1.165, 1.54) is 12.4 Å². The Labute approximate surface area is 110 Å². The molecule has 1 heterocycles. The predicted molar refractivity (Wildman–Crippen MR) is 67.3 cm³/mol. The fourth-order valence-corrected chi connectivity index (χ4v) is 1.96. The fourth-order valence-electron chi connectivity index (χ4n) is 1.96. The molecular weight excluding hydrogens is 247 g/mol. The van der Waals surface area contributed by atoms with Gasteiger partial charge in [-0.2, -0.15) is 0 Å². The van der Waals surface area contributed by atoms with Crippen LogP contribution in [0.1, 0.15) is 29.2 Å². The molecule has 1 aromatic carbocycles. The maximum atomic E-state index is 13.3. The summed E-state index contributed by atoms with van der Waals surface area (Å²) in [6.07, 6.45) is 2.84. The Bertz CT molecular complexity index is 587. The van der Waals surface area contributed by atoms with Crippen LogP contribution >= 0.6 is 0 Å². The number of nitrogens with zero attached hydrogens (tertiary/aromatic N) is 2. The highest BCUT2D eigenvalue weighted by molar-refractivity contribution is 5.68. The number of hydrogen-bond acceptors (Lipinski definition) is 3. The topological polar surface area (TPSA) is 63.1 Å². The van der Waals surface area contributed by atoms with E-state index in [9.17, 15) is 9.18 Å². The molecule has 0 amide bonds. The molecule has 1 aromatic heterocycles. The van der Waals surface area contributed by atoms with Crippen molar-refractivity contribution in [3.8, 4) is 0 Å². The van der Waals surface area contributed by atoms with Gasteiger partial charge in [0.2, 0.25) is 0 Å². The molecule has 0 aliphatic heterocycles. The van der Waals surface area contributed by atoms with Crippen LogP contribution in [0.4, 0.5) is 4.39 Å². The highest BCUT2D eigenvalue weighted by atomic mass is 19.1. The molecule has 0 saturated carbocycles. The summed E-state index contributed by atoms with van der Waals surface area (Å²) in [6.45, 7) is 1.65. The largest absolute Gasteiger partial charge is 0.481 e. The van der Waals surface area contributed by atoms with Crippen LogP contribution in [0.25, 0.3) is 0 Å². The van der Waals surface area contributed by atoms with Crippen molar-refractivity contribution in [3.05, 3.63) is 59.4 Å². The van der Waals surface area contributed by atoms with Gasteiger partial charge in [-0.1, -0.05) is 12.1 Å². The maximum absolute atomic E-state index is 13.3. The number of halogens is 1.